The van der Waals surface area contributed by atoms with E-state index < -0.39 is 29.2 Å². The van der Waals surface area contributed by atoms with Gasteiger partial charge in [0.25, 0.3) is 17.8 Å². The van der Waals surface area contributed by atoms with Crippen LogP contribution in [0.4, 0.5) is 6.01 Å². The van der Waals surface area contributed by atoms with Gasteiger partial charge in [0.2, 0.25) is 5.51 Å². The summed E-state index contributed by atoms with van der Waals surface area (Å²) in [6, 6.07) is -1.08. The van der Waals surface area contributed by atoms with Crippen molar-refractivity contribution in [2.75, 3.05) is 18.6 Å². The molecule has 2 aromatic rings. The summed E-state index contributed by atoms with van der Waals surface area (Å²) in [6.45, 7) is 0.365. The minimum absolute atomic E-state index is 0.0398. The number of aliphatic carboxylic acids is 1. The van der Waals surface area contributed by atoms with Gasteiger partial charge in [-0.3, -0.25) is 14.5 Å². The highest BCUT2D eigenvalue weighted by Gasteiger charge is 2.54. The third-order valence-corrected chi connectivity index (χ3v) is 6.61. The zero-order valence-corrected chi connectivity index (χ0v) is 17.7. The first-order valence-electron chi connectivity index (χ1n) is 8.85. The third-order valence-electron chi connectivity index (χ3n) is 4.60. The van der Waals surface area contributed by atoms with Gasteiger partial charge in [0.1, 0.15) is 36.2 Å². The number of hydrogen-bond acceptors (Lipinski definition) is 10. The van der Waals surface area contributed by atoms with Gasteiger partial charge in [0.15, 0.2) is 18.5 Å². The zero-order valence-electron chi connectivity index (χ0n) is 16.0. The molecule has 4 heterocycles. The van der Waals surface area contributed by atoms with Crippen LogP contribution in [0, 0.1) is 0 Å². The highest BCUT2D eigenvalue weighted by atomic mass is 32.2. The van der Waals surface area contributed by atoms with Crippen molar-refractivity contribution in [3.63, 3.8) is 0 Å². The maximum absolute atomic E-state index is 12.8. The topological polar surface area (TPSA) is 164 Å². The predicted molar refractivity (Wildman–Crippen MR) is 109 cm³/mol. The first-order valence-corrected chi connectivity index (χ1v) is 10.8. The molecule has 4 N–H and O–H groups in total. The Hall–Kier alpha value is -3.39. The molecule has 0 aromatic carbocycles. The molecule has 0 saturated carbocycles. The number of fused-ring (bicyclic) bond motifs is 1. The van der Waals surface area contributed by atoms with E-state index in [4.69, 9.17) is 10.2 Å². The molecule has 12 nitrogen and oxygen atoms in total. The van der Waals surface area contributed by atoms with Crippen LogP contribution in [0.5, 0.6) is 0 Å². The summed E-state index contributed by atoms with van der Waals surface area (Å²) < 4.78 is 6.74. The fourth-order valence-corrected chi connectivity index (χ4v) is 5.21. The predicted octanol–water partition coefficient (Wildman–Crippen LogP) is -0.605. The number of rotatable bonds is 7. The molecule has 4 rings (SSSR count). The van der Waals surface area contributed by atoms with Gasteiger partial charge in [-0.1, -0.05) is 16.5 Å². The van der Waals surface area contributed by atoms with Gasteiger partial charge < -0.3 is 25.4 Å². The SMILES string of the molecule is CO/N=C(\C(=O)N[C@@H]1C(=O)N2C(C(=O)O)=C(C[n+]3ccsc3)CS[C@H]12)c1coc(N)n1. The number of hydrogen-bond donors (Lipinski definition) is 3. The number of nitrogen functional groups attached to an aromatic ring is 1. The molecular formula is C17H17N6O6S2+. The Morgan fingerprint density at radius 1 is 1.55 bits per heavy atom. The van der Waals surface area contributed by atoms with Gasteiger partial charge in [-0.05, 0) is 0 Å². The van der Waals surface area contributed by atoms with Crippen molar-refractivity contribution in [2.45, 2.75) is 18.0 Å². The Balaban J connectivity index is 1.53. The van der Waals surface area contributed by atoms with Crippen molar-refractivity contribution in [3.05, 3.63) is 40.3 Å². The third kappa shape index (κ3) is 3.86. The number of carboxylic acid groups (broad SMARTS) is 1. The number of anilines is 1. The summed E-state index contributed by atoms with van der Waals surface area (Å²) >= 11 is 2.86. The van der Waals surface area contributed by atoms with Crippen LogP contribution >= 0.6 is 23.1 Å². The van der Waals surface area contributed by atoms with Gasteiger partial charge in [-0.2, -0.15) is 9.55 Å². The first kappa shape index (κ1) is 20.9. The van der Waals surface area contributed by atoms with Crippen molar-refractivity contribution < 1.29 is 33.3 Å². The van der Waals surface area contributed by atoms with Gasteiger partial charge in [0.05, 0.1) is 5.38 Å². The molecule has 2 aliphatic heterocycles. The Bertz CT molecular complexity index is 1090. The minimum Gasteiger partial charge on any atom is -0.477 e. The number of carbonyl (C=O) groups is 3. The molecule has 0 unspecified atom stereocenters. The summed E-state index contributed by atoms with van der Waals surface area (Å²) in [4.78, 5) is 47.1. The summed E-state index contributed by atoms with van der Waals surface area (Å²) in [7, 11) is 1.25. The van der Waals surface area contributed by atoms with Gasteiger partial charge in [-0.25, -0.2) is 4.79 Å². The van der Waals surface area contributed by atoms with E-state index in [0.29, 0.717) is 17.9 Å². The average molecular weight is 465 g/mol. The lowest BCUT2D eigenvalue weighted by Crippen LogP contribution is -2.71. The minimum atomic E-state index is -1.19. The lowest BCUT2D eigenvalue weighted by Gasteiger charge is -2.49. The van der Waals surface area contributed by atoms with Gasteiger partial charge in [-0.15, -0.1) is 11.8 Å². The molecule has 2 atom stereocenters. The second-order valence-corrected chi connectivity index (χ2v) is 8.37. The Morgan fingerprint density at radius 3 is 2.97 bits per heavy atom. The van der Waals surface area contributed by atoms with Crippen LogP contribution in [0.1, 0.15) is 5.69 Å². The number of amides is 2. The molecule has 0 spiro atoms. The second kappa shape index (κ2) is 8.39. The van der Waals surface area contributed by atoms with Crippen molar-refractivity contribution in [3.8, 4) is 0 Å². The van der Waals surface area contributed by atoms with E-state index in [1.54, 1.807) is 0 Å². The Labute approximate surface area is 183 Å². The van der Waals surface area contributed by atoms with Crippen LogP contribution in [-0.4, -0.2) is 62.8 Å². The van der Waals surface area contributed by atoms with Gasteiger partial charge >= 0.3 is 5.97 Å². The van der Waals surface area contributed by atoms with E-state index in [0.717, 1.165) is 6.26 Å². The maximum Gasteiger partial charge on any atom is 0.352 e. The second-order valence-electron chi connectivity index (χ2n) is 6.51. The van der Waals surface area contributed by atoms with Crippen LogP contribution < -0.4 is 15.6 Å². The molecule has 1 fully saturated rings. The molecule has 31 heavy (non-hydrogen) atoms. The highest BCUT2D eigenvalue weighted by Crippen LogP contribution is 2.40. The lowest BCUT2D eigenvalue weighted by atomic mass is 10.0. The molecule has 2 aliphatic rings. The molecule has 0 aliphatic carbocycles. The summed E-state index contributed by atoms with van der Waals surface area (Å²) in [5.41, 5.74) is 7.68. The molecular weight excluding hydrogens is 448 g/mol. The van der Waals surface area contributed by atoms with E-state index in [-0.39, 0.29) is 23.1 Å². The number of nitrogens with one attached hydrogen (secondary N) is 1. The molecule has 14 heteroatoms. The Morgan fingerprint density at radius 2 is 2.35 bits per heavy atom. The molecule has 162 valence electrons. The largest absolute Gasteiger partial charge is 0.477 e. The monoisotopic (exact) mass is 465 g/mol. The number of carbonyl (C=O) groups excluding carboxylic acids is 2. The van der Waals surface area contributed by atoms with E-state index in [9.17, 15) is 19.5 Å². The fourth-order valence-electron chi connectivity index (χ4n) is 3.28. The number of β-lactam (4-membered cyclic amide) rings is 1. The van der Waals surface area contributed by atoms with Gasteiger partial charge in [0, 0.05) is 11.3 Å². The number of nitrogens with zero attached hydrogens (tertiary/aromatic N) is 4. The summed E-state index contributed by atoms with van der Waals surface area (Å²) in [6.07, 6.45) is 2.97. The molecule has 0 bridgehead atoms. The number of thioether (sulfide) groups is 1. The normalized spacial score (nSPS) is 20.9. The first-order chi connectivity index (χ1) is 14.9. The summed E-state index contributed by atoms with van der Waals surface area (Å²) in [5, 5.41) is 17.3. The number of carboxylic acids is 1. The number of nitrogens with two attached hydrogens (primary N) is 1. The van der Waals surface area contributed by atoms with Crippen LogP contribution in [0.2, 0.25) is 0 Å². The lowest BCUT2D eigenvalue weighted by molar-refractivity contribution is -0.684. The number of oxazole rings is 1. The summed E-state index contributed by atoms with van der Waals surface area (Å²) in [5.74, 6) is -2.03. The zero-order chi connectivity index (χ0) is 22.1. The van der Waals surface area contributed by atoms with Crippen molar-refractivity contribution in [1.82, 2.24) is 15.2 Å². The van der Waals surface area contributed by atoms with Crippen LogP contribution in [0.25, 0.3) is 0 Å². The number of thiazole rings is 1. The fraction of sp³-hybridized carbons (Fsp3) is 0.294. The smallest absolute Gasteiger partial charge is 0.352 e. The van der Waals surface area contributed by atoms with E-state index in [1.807, 2.05) is 21.7 Å². The van der Waals surface area contributed by atoms with Crippen molar-refractivity contribution >= 4 is 52.6 Å². The molecule has 2 amide bonds. The number of aromatic nitrogens is 2. The van der Waals surface area contributed by atoms with Crippen LogP contribution in [0.15, 0.2) is 44.2 Å². The average Bonchev–Trinajstić information content (AvgIpc) is 3.41. The number of oxime groups is 1. The highest BCUT2D eigenvalue weighted by molar-refractivity contribution is 8.00. The molecule has 1 saturated heterocycles. The standard InChI is InChI=1S/C17H16N6O6S2/c1-28-21-10(9-5-29-17(18)19-9)13(24)20-11-14(25)23-12(16(26)27)8(6-31-15(11)23)4-22-2-3-30-7-22/h2-3,5,7,11,15H,4,6H2,1H3,(H3-,18,19,20,24,26,27)/p+1/b21-10-/t11-,15-/m1/s1. The van der Waals surface area contributed by atoms with E-state index >= 15 is 0 Å². The van der Waals surface area contributed by atoms with Crippen LogP contribution in [-0.2, 0) is 25.8 Å². The quantitative estimate of drug-likeness (QED) is 0.209. The van der Waals surface area contributed by atoms with Crippen molar-refractivity contribution in [1.29, 1.82) is 0 Å². The van der Waals surface area contributed by atoms with Crippen LogP contribution in [0.3, 0.4) is 0 Å². The van der Waals surface area contributed by atoms with E-state index in [2.05, 4.69) is 20.3 Å². The Kier molecular flexibility index (Phi) is 5.65. The maximum atomic E-state index is 12.8. The van der Waals surface area contributed by atoms with Crippen molar-refractivity contribution in [2.24, 2.45) is 5.16 Å². The molecule has 0 radical (unpaired) electrons. The van der Waals surface area contributed by atoms with E-state index in [1.165, 1.54) is 35.1 Å². The molecule has 2 aromatic heterocycles.